The smallest absolute Gasteiger partial charge is 0.262 e. The summed E-state index contributed by atoms with van der Waals surface area (Å²) in [6.07, 6.45) is 8.13. The minimum absolute atomic E-state index is 0.0729. The Labute approximate surface area is 296 Å². The van der Waals surface area contributed by atoms with E-state index in [9.17, 15) is 14.7 Å². The van der Waals surface area contributed by atoms with E-state index in [0.717, 1.165) is 45.9 Å². The largest absolute Gasteiger partial charge is 0.494 e. The van der Waals surface area contributed by atoms with Crippen molar-refractivity contribution in [2.75, 3.05) is 19.7 Å². The van der Waals surface area contributed by atoms with Crippen LogP contribution in [0.25, 0.3) is 5.57 Å². The van der Waals surface area contributed by atoms with E-state index in [1.165, 1.54) is 37.0 Å². The van der Waals surface area contributed by atoms with Gasteiger partial charge < -0.3 is 20.1 Å². The van der Waals surface area contributed by atoms with E-state index >= 15 is 0 Å². The highest BCUT2D eigenvalue weighted by atomic mass is 32.1. The second-order valence-electron chi connectivity index (χ2n) is 13.8. The minimum Gasteiger partial charge on any atom is -0.494 e. The number of carbonyl (C=O) groups excluding carboxylic acids is 2. The van der Waals surface area contributed by atoms with Crippen LogP contribution in [-0.4, -0.2) is 66.2 Å². The number of amidine groups is 1. The Kier molecular flexibility index (Phi) is 13.9. The predicted molar refractivity (Wildman–Crippen MR) is 202 cm³/mol. The highest BCUT2D eigenvalue weighted by molar-refractivity contribution is 7.14. The summed E-state index contributed by atoms with van der Waals surface area (Å²) in [5.74, 6) is 0.877. The number of aliphatic imine (C=N–C) groups is 2. The molecule has 3 aromatic rings. The molecule has 0 radical (unpaired) electrons. The number of ether oxygens (including phenoxy) is 1. The number of nitrogens with one attached hydrogen (secondary N) is 1. The van der Waals surface area contributed by atoms with Gasteiger partial charge in [-0.05, 0) is 72.9 Å². The highest BCUT2D eigenvalue weighted by Gasteiger charge is 2.32. The summed E-state index contributed by atoms with van der Waals surface area (Å²) in [4.78, 5) is 39.0. The molecule has 1 fully saturated rings. The normalized spacial score (nSPS) is 16.0. The number of rotatable bonds is 15. The monoisotopic (exact) mass is 684 g/mol. The van der Waals surface area contributed by atoms with E-state index in [0.29, 0.717) is 30.1 Å². The fourth-order valence-corrected chi connectivity index (χ4v) is 6.60. The van der Waals surface area contributed by atoms with Crippen LogP contribution in [0.15, 0.2) is 76.8 Å². The van der Waals surface area contributed by atoms with Crippen LogP contribution in [0.1, 0.15) is 104 Å². The van der Waals surface area contributed by atoms with Gasteiger partial charge in [-0.1, -0.05) is 89.8 Å². The van der Waals surface area contributed by atoms with Gasteiger partial charge in [0.05, 0.1) is 17.6 Å². The first kappa shape index (κ1) is 37.7. The zero-order valence-corrected chi connectivity index (χ0v) is 30.5. The Balaban J connectivity index is 1.42. The molecule has 8 nitrogen and oxygen atoms in total. The topological polar surface area (TPSA) is 104 Å². The number of likely N-dealkylation sites (tertiary alicyclic amines) is 1. The maximum absolute atomic E-state index is 13.6. The molecule has 49 heavy (non-hydrogen) atoms. The van der Waals surface area contributed by atoms with E-state index < -0.39 is 12.1 Å². The second kappa shape index (κ2) is 18.1. The van der Waals surface area contributed by atoms with Crippen molar-refractivity contribution in [2.45, 2.75) is 97.1 Å². The van der Waals surface area contributed by atoms with E-state index in [-0.39, 0.29) is 23.8 Å². The molecule has 2 amide bonds. The number of amides is 2. The molecule has 2 atom stereocenters. The van der Waals surface area contributed by atoms with Gasteiger partial charge in [-0.15, -0.1) is 11.3 Å². The molecule has 0 aliphatic carbocycles. The SMILES string of the molecule is C=NC(=N/C=C(\C)c1ccc(OCCCCCCC)cc1)c1ccc(C[C@H](NC(=O)c2ccc(C(C)(C)C)s2)C(=O)N2CC[C@H](O)C2)cc1. The fraction of sp³-hybridized carbons (Fsp3) is 0.450. The van der Waals surface area contributed by atoms with Gasteiger partial charge in [0.2, 0.25) is 5.91 Å². The van der Waals surface area contributed by atoms with Crippen molar-refractivity contribution in [3.05, 3.63) is 93.3 Å². The third-order valence-electron chi connectivity index (χ3n) is 8.66. The molecule has 2 aromatic carbocycles. The molecule has 0 spiro atoms. The summed E-state index contributed by atoms with van der Waals surface area (Å²) < 4.78 is 5.90. The number of carbonyl (C=O) groups is 2. The molecule has 2 N–H and O–H groups in total. The average Bonchev–Trinajstić information content (AvgIpc) is 3.77. The van der Waals surface area contributed by atoms with E-state index in [4.69, 9.17) is 4.74 Å². The van der Waals surface area contributed by atoms with Crippen LogP contribution in [-0.2, 0) is 16.6 Å². The van der Waals surface area contributed by atoms with Crippen LogP contribution in [0.4, 0.5) is 0 Å². The molecular weight excluding hydrogens is 633 g/mol. The van der Waals surface area contributed by atoms with Gasteiger partial charge in [0.25, 0.3) is 5.91 Å². The third kappa shape index (κ3) is 11.2. The molecule has 0 unspecified atom stereocenters. The van der Waals surface area contributed by atoms with Crippen LogP contribution in [0.2, 0.25) is 0 Å². The number of β-amino-alcohol motifs (C(OH)–C–C–N with tert-alkyl or cyclic N) is 1. The lowest BCUT2D eigenvalue weighted by atomic mass is 9.95. The van der Waals surface area contributed by atoms with Gasteiger partial charge in [0.1, 0.15) is 11.8 Å². The maximum Gasteiger partial charge on any atom is 0.262 e. The molecule has 1 aliphatic heterocycles. The summed E-state index contributed by atoms with van der Waals surface area (Å²) in [5, 5.41) is 13.0. The van der Waals surface area contributed by atoms with Crippen LogP contribution in [0.5, 0.6) is 5.75 Å². The van der Waals surface area contributed by atoms with E-state index in [1.807, 2.05) is 67.6 Å². The summed E-state index contributed by atoms with van der Waals surface area (Å²) in [5.41, 5.74) is 3.61. The molecule has 1 aromatic heterocycles. The first-order valence-electron chi connectivity index (χ1n) is 17.4. The van der Waals surface area contributed by atoms with Crippen LogP contribution < -0.4 is 10.1 Å². The maximum atomic E-state index is 13.6. The summed E-state index contributed by atoms with van der Waals surface area (Å²) in [6.45, 7) is 15.7. The number of aliphatic hydroxyl groups is 1. The molecule has 1 aliphatic rings. The van der Waals surface area contributed by atoms with E-state index in [1.54, 1.807) is 11.1 Å². The minimum atomic E-state index is -0.775. The second-order valence-corrected chi connectivity index (χ2v) is 14.9. The van der Waals surface area contributed by atoms with Gasteiger partial charge >= 0.3 is 0 Å². The quantitative estimate of drug-likeness (QED) is 0.0967. The number of hydrogen-bond donors (Lipinski definition) is 2. The number of hydrogen-bond acceptors (Lipinski definition) is 6. The highest BCUT2D eigenvalue weighted by Crippen LogP contribution is 2.29. The Morgan fingerprint density at radius 2 is 1.73 bits per heavy atom. The Hall–Kier alpha value is -4.08. The summed E-state index contributed by atoms with van der Waals surface area (Å²) in [7, 11) is 0. The molecule has 0 saturated carbocycles. The average molecular weight is 685 g/mol. The standard InChI is InChI=1S/C40H52N4O4S/c1-7-8-9-10-11-24-48-33-18-16-30(17-19-33)28(2)26-42-37(41-6)31-14-12-29(13-15-31)25-34(39(47)44-23-22-32(45)27-44)43-38(46)35-20-21-36(49-35)40(3,4)5/h12-21,26,32,34,45H,6-11,22-25,27H2,1-5H3,(H,43,46)/b28-26+,42-37?/t32-,34-/m0/s1. The molecule has 0 bridgehead atoms. The van der Waals surface area contributed by atoms with Gasteiger partial charge in [-0.25, -0.2) is 9.98 Å². The lowest BCUT2D eigenvalue weighted by Crippen LogP contribution is -2.49. The van der Waals surface area contributed by atoms with Gasteiger partial charge in [-0.3, -0.25) is 9.59 Å². The number of nitrogens with zero attached hydrogens (tertiary/aromatic N) is 3. The lowest BCUT2D eigenvalue weighted by molar-refractivity contribution is -0.132. The lowest BCUT2D eigenvalue weighted by Gasteiger charge is -2.24. The number of allylic oxidation sites excluding steroid dienone is 1. The van der Waals surface area contributed by atoms with Crippen LogP contribution in [0.3, 0.4) is 0 Å². The Morgan fingerprint density at radius 1 is 1.04 bits per heavy atom. The molecule has 4 rings (SSSR count). The van der Waals surface area contributed by atoms with Crippen molar-refractivity contribution in [1.29, 1.82) is 0 Å². The van der Waals surface area contributed by atoms with Gasteiger partial charge in [0.15, 0.2) is 5.84 Å². The Bertz CT molecular complexity index is 1600. The number of unbranched alkanes of at least 4 members (excludes halogenated alkanes) is 4. The Morgan fingerprint density at radius 3 is 2.35 bits per heavy atom. The first-order valence-corrected chi connectivity index (χ1v) is 18.2. The molecular formula is C40H52N4O4S. The van der Waals surface area contributed by atoms with Gasteiger partial charge in [-0.2, -0.15) is 0 Å². The molecule has 262 valence electrons. The van der Waals surface area contributed by atoms with Crippen molar-refractivity contribution in [3.8, 4) is 5.75 Å². The number of benzene rings is 2. The zero-order valence-electron chi connectivity index (χ0n) is 29.7. The van der Waals surface area contributed by atoms with Crippen molar-refractivity contribution < 1.29 is 19.4 Å². The van der Waals surface area contributed by atoms with E-state index in [2.05, 4.69) is 49.7 Å². The number of aliphatic hydroxyl groups excluding tert-OH is 1. The molecule has 2 heterocycles. The molecule has 1 saturated heterocycles. The van der Waals surface area contributed by atoms with Crippen molar-refractivity contribution in [1.82, 2.24) is 10.2 Å². The predicted octanol–water partition coefficient (Wildman–Crippen LogP) is 7.84. The summed E-state index contributed by atoms with van der Waals surface area (Å²) in [6, 6.07) is 18.7. The van der Waals surface area contributed by atoms with Crippen molar-refractivity contribution >= 4 is 41.3 Å². The number of thiophene rings is 1. The van der Waals surface area contributed by atoms with Crippen molar-refractivity contribution in [3.63, 3.8) is 0 Å². The first-order chi connectivity index (χ1) is 23.5. The molecule has 9 heteroatoms. The van der Waals surface area contributed by atoms with Crippen LogP contribution >= 0.6 is 11.3 Å². The third-order valence-corrected chi connectivity index (χ3v) is 10.2. The van der Waals surface area contributed by atoms with Gasteiger partial charge in [0, 0.05) is 36.2 Å². The summed E-state index contributed by atoms with van der Waals surface area (Å²) >= 11 is 1.44. The van der Waals surface area contributed by atoms with Crippen molar-refractivity contribution in [2.24, 2.45) is 9.98 Å². The van der Waals surface area contributed by atoms with Crippen LogP contribution in [0, 0.1) is 0 Å². The zero-order chi connectivity index (χ0) is 35.4. The fourth-order valence-electron chi connectivity index (χ4n) is 5.63.